The topological polar surface area (TPSA) is 132 Å². The molecule has 1 atom stereocenters. The minimum absolute atomic E-state index is 0.0624. The predicted octanol–water partition coefficient (Wildman–Crippen LogP) is 7.09. The lowest BCUT2D eigenvalue weighted by atomic mass is 9.85. The first-order chi connectivity index (χ1) is 25.7. The van der Waals surface area contributed by atoms with Gasteiger partial charge >= 0.3 is 6.09 Å². The van der Waals surface area contributed by atoms with Crippen LogP contribution < -0.4 is 15.0 Å². The van der Waals surface area contributed by atoms with E-state index in [9.17, 15) is 13.2 Å². The van der Waals surface area contributed by atoms with Gasteiger partial charge in [0.05, 0.1) is 31.3 Å². The number of alkyl halides is 2. The number of sulfone groups is 1. The van der Waals surface area contributed by atoms with Crippen LogP contribution in [0.25, 0.3) is 10.9 Å². The molecule has 0 radical (unpaired) electrons. The molecule has 3 aliphatic heterocycles. The van der Waals surface area contributed by atoms with E-state index in [0.717, 1.165) is 31.4 Å². The number of ether oxygens (including phenoxy) is 4. The van der Waals surface area contributed by atoms with Gasteiger partial charge in [0.2, 0.25) is 0 Å². The molecule has 296 valence electrons. The molecule has 3 aliphatic rings. The van der Waals surface area contributed by atoms with Gasteiger partial charge in [-0.1, -0.05) is 18.2 Å². The van der Waals surface area contributed by atoms with Gasteiger partial charge in [0.25, 0.3) is 5.92 Å². The van der Waals surface area contributed by atoms with Crippen LogP contribution in [0.4, 0.5) is 25.1 Å². The number of fused-ring (bicyclic) bond motifs is 1. The van der Waals surface area contributed by atoms with Crippen molar-refractivity contribution in [3.63, 3.8) is 0 Å². The molecule has 0 unspecified atom stereocenters. The number of hydrogen-bond acceptors (Lipinski definition) is 11. The van der Waals surface area contributed by atoms with E-state index in [-0.39, 0.29) is 49.3 Å². The number of hydrogen-bond donors (Lipinski definition) is 1. The number of carbonyl (C=O) groups is 1. The maximum Gasteiger partial charge on any atom is 0.410 e. The molecule has 0 saturated carbocycles. The number of amides is 1. The van der Waals surface area contributed by atoms with Gasteiger partial charge in [-0.2, -0.15) is 0 Å². The van der Waals surface area contributed by atoms with Crippen molar-refractivity contribution in [2.45, 2.75) is 90.1 Å². The summed E-state index contributed by atoms with van der Waals surface area (Å²) in [5.41, 5.74) is 1.33. The number of rotatable bonds is 13. The fourth-order valence-electron chi connectivity index (χ4n) is 7.14. The molecule has 4 heterocycles. The van der Waals surface area contributed by atoms with Crippen molar-refractivity contribution in [2.24, 2.45) is 5.92 Å². The number of nitrogens with one attached hydrogen (secondary N) is 1. The number of benzene rings is 2. The number of unbranched alkanes of at least 4 members (excludes halogenated alkanes) is 2. The van der Waals surface area contributed by atoms with Crippen molar-refractivity contribution >= 4 is 38.3 Å². The van der Waals surface area contributed by atoms with Crippen LogP contribution in [-0.2, 0) is 30.0 Å². The van der Waals surface area contributed by atoms with E-state index in [4.69, 9.17) is 18.9 Å². The van der Waals surface area contributed by atoms with Gasteiger partial charge in [-0.05, 0) is 83.9 Å². The minimum atomic E-state index is -3.10. The van der Waals surface area contributed by atoms with Crippen molar-refractivity contribution in [1.82, 2.24) is 14.9 Å². The van der Waals surface area contributed by atoms with Crippen LogP contribution in [-0.4, -0.2) is 98.8 Å². The van der Waals surface area contributed by atoms with Crippen LogP contribution in [0.15, 0.2) is 42.7 Å². The standard InChI is InChI=1S/C39H53F2N5O7S/c1-27(28-9-8-10-30(23-28)39(40,41)29-12-14-46(15-13-29)37(47)53-38(2,3)4)44-36-32-24-31(45-16-21-54(48,49)22-17-45)25-33(35(32)42-26-43-36)50-18-7-5-6-11-34-51-19-20-52-34/h8-10,23-27,29,34H,5-7,11-22H2,1-4H3,(H,42,43,44)/t27-/m1/s1. The van der Waals surface area contributed by atoms with Gasteiger partial charge in [-0.15, -0.1) is 0 Å². The van der Waals surface area contributed by atoms with Crippen LogP contribution >= 0.6 is 0 Å². The molecule has 12 nitrogen and oxygen atoms in total. The zero-order valence-corrected chi connectivity index (χ0v) is 32.5. The molecule has 3 fully saturated rings. The molecule has 6 rings (SSSR count). The quantitative estimate of drug-likeness (QED) is 0.179. The maximum absolute atomic E-state index is 16.0. The Morgan fingerprint density at radius 1 is 1.00 bits per heavy atom. The van der Waals surface area contributed by atoms with E-state index in [1.54, 1.807) is 32.9 Å². The lowest BCUT2D eigenvalue weighted by molar-refractivity contribution is -0.0861. The third-order valence-corrected chi connectivity index (χ3v) is 11.8. The molecule has 0 aliphatic carbocycles. The Kier molecular flexibility index (Phi) is 12.5. The Bertz CT molecular complexity index is 1850. The molecule has 54 heavy (non-hydrogen) atoms. The zero-order valence-electron chi connectivity index (χ0n) is 31.7. The summed E-state index contributed by atoms with van der Waals surface area (Å²) >= 11 is 0. The number of likely N-dealkylation sites (tertiary alicyclic amines) is 1. The highest BCUT2D eigenvalue weighted by molar-refractivity contribution is 7.91. The normalized spacial score (nSPS) is 19.2. The van der Waals surface area contributed by atoms with Crippen molar-refractivity contribution in [2.75, 3.05) is 67.7 Å². The summed E-state index contributed by atoms with van der Waals surface area (Å²) in [6, 6.07) is 9.89. The Balaban J connectivity index is 1.17. The van der Waals surface area contributed by atoms with E-state index >= 15 is 8.78 Å². The highest BCUT2D eigenvalue weighted by atomic mass is 32.2. The Labute approximate surface area is 316 Å². The Morgan fingerprint density at radius 2 is 1.72 bits per heavy atom. The molecule has 3 aromatic rings. The number of piperidine rings is 1. The maximum atomic E-state index is 16.0. The summed E-state index contributed by atoms with van der Waals surface area (Å²) in [4.78, 5) is 25.2. The largest absolute Gasteiger partial charge is 0.491 e. The molecule has 3 saturated heterocycles. The molecule has 2 aromatic carbocycles. The molecular weight excluding hydrogens is 721 g/mol. The number of nitrogens with zero attached hydrogens (tertiary/aromatic N) is 4. The molecule has 1 amide bonds. The van der Waals surface area contributed by atoms with Gasteiger partial charge in [-0.25, -0.2) is 32.0 Å². The van der Waals surface area contributed by atoms with Crippen LogP contribution in [0.5, 0.6) is 5.75 Å². The van der Waals surface area contributed by atoms with Gasteiger partial charge in [0, 0.05) is 60.8 Å². The van der Waals surface area contributed by atoms with Crippen LogP contribution in [0.3, 0.4) is 0 Å². The third kappa shape index (κ3) is 10.1. The van der Waals surface area contributed by atoms with Crippen molar-refractivity contribution in [1.29, 1.82) is 0 Å². The number of carbonyl (C=O) groups excluding carboxylic acids is 1. The van der Waals surface area contributed by atoms with Gasteiger partial charge in [-0.3, -0.25) is 0 Å². The molecule has 15 heteroatoms. The van der Waals surface area contributed by atoms with Gasteiger partial charge in [0.1, 0.15) is 29.0 Å². The fourth-order valence-corrected chi connectivity index (χ4v) is 8.34. The summed E-state index contributed by atoms with van der Waals surface area (Å²) in [5, 5.41) is 4.11. The smallest absolute Gasteiger partial charge is 0.410 e. The Morgan fingerprint density at radius 3 is 2.43 bits per heavy atom. The summed E-state index contributed by atoms with van der Waals surface area (Å²) < 4.78 is 79.3. The predicted molar refractivity (Wildman–Crippen MR) is 203 cm³/mol. The van der Waals surface area contributed by atoms with Crippen molar-refractivity contribution in [3.05, 3.63) is 53.9 Å². The summed E-state index contributed by atoms with van der Waals surface area (Å²) in [6.45, 7) is 10.1. The van der Waals surface area contributed by atoms with Crippen molar-refractivity contribution in [3.8, 4) is 5.75 Å². The summed E-state index contributed by atoms with van der Waals surface area (Å²) in [5.74, 6) is -2.82. The first-order valence-electron chi connectivity index (χ1n) is 19.0. The average molecular weight is 774 g/mol. The number of halogens is 2. The second kappa shape index (κ2) is 16.9. The first kappa shape index (κ1) is 39.9. The van der Waals surface area contributed by atoms with Crippen molar-refractivity contribution < 1.29 is 40.9 Å². The van der Waals surface area contributed by atoms with Crippen LogP contribution in [0, 0.1) is 5.92 Å². The van der Waals surface area contributed by atoms with E-state index in [2.05, 4.69) is 15.3 Å². The third-order valence-electron chi connectivity index (χ3n) is 10.2. The second-order valence-corrected chi connectivity index (χ2v) is 17.7. The van der Waals surface area contributed by atoms with Crippen LogP contribution in [0.2, 0.25) is 0 Å². The number of anilines is 2. The Hall–Kier alpha value is -3.82. The van der Waals surface area contributed by atoms with E-state index < -0.39 is 39.4 Å². The molecule has 1 N–H and O–H groups in total. The van der Waals surface area contributed by atoms with Gasteiger partial charge in [0.15, 0.2) is 16.1 Å². The molecule has 1 aromatic heterocycles. The van der Waals surface area contributed by atoms with E-state index in [1.165, 1.54) is 17.3 Å². The fraction of sp³-hybridized carbons (Fsp3) is 0.615. The summed E-state index contributed by atoms with van der Waals surface area (Å²) in [7, 11) is -3.10. The number of aromatic nitrogens is 2. The molecule has 0 bridgehead atoms. The highest BCUT2D eigenvalue weighted by Crippen LogP contribution is 2.43. The highest BCUT2D eigenvalue weighted by Gasteiger charge is 2.44. The van der Waals surface area contributed by atoms with Gasteiger partial charge < -0.3 is 34.1 Å². The minimum Gasteiger partial charge on any atom is -0.491 e. The monoisotopic (exact) mass is 773 g/mol. The molecule has 0 spiro atoms. The average Bonchev–Trinajstić information content (AvgIpc) is 3.66. The molecular formula is C39H53F2N5O7S. The van der Waals surface area contributed by atoms with E-state index in [1.807, 2.05) is 30.0 Å². The van der Waals surface area contributed by atoms with E-state index in [0.29, 0.717) is 60.9 Å². The first-order valence-corrected chi connectivity index (χ1v) is 20.8. The summed E-state index contributed by atoms with van der Waals surface area (Å²) in [6.07, 6.45) is 4.72. The second-order valence-electron chi connectivity index (χ2n) is 15.4. The lowest BCUT2D eigenvalue weighted by Crippen LogP contribution is -2.44. The zero-order chi connectivity index (χ0) is 38.5. The van der Waals surface area contributed by atoms with Crippen LogP contribution in [0.1, 0.15) is 83.4 Å². The lowest BCUT2D eigenvalue weighted by Gasteiger charge is -2.36. The SMILES string of the molecule is C[C@@H](Nc1ncnc2c(OCCCCCC3OCCO3)cc(N3CCS(=O)(=O)CC3)cc12)c1cccc(C(F)(F)C2CCN(C(=O)OC(C)(C)C)CC2)c1.